The zero-order valence-corrected chi connectivity index (χ0v) is 12.2. The standard InChI is InChI=1S/C11H15BrN4S/c1-3-16-11(8(12)6-14-16)10(15-13)9-5-4-7(2)17-9/h4-6,10,15H,3,13H2,1-2H3. The SMILES string of the molecule is CCn1ncc(Br)c1C(NN)c1ccc(C)s1. The van der Waals surface area contributed by atoms with Crippen LogP contribution in [0.4, 0.5) is 0 Å². The Bertz CT molecular complexity index is 505. The third-order valence-electron chi connectivity index (χ3n) is 2.62. The largest absolute Gasteiger partial charge is 0.270 e. The van der Waals surface area contributed by atoms with Crippen LogP contribution in [0.1, 0.15) is 28.4 Å². The number of hydrazine groups is 1. The van der Waals surface area contributed by atoms with Gasteiger partial charge >= 0.3 is 0 Å². The zero-order chi connectivity index (χ0) is 12.4. The summed E-state index contributed by atoms with van der Waals surface area (Å²) in [6, 6.07) is 4.18. The first-order chi connectivity index (χ1) is 8.17. The lowest BCUT2D eigenvalue weighted by Crippen LogP contribution is -2.30. The Morgan fingerprint density at radius 3 is 2.88 bits per heavy atom. The van der Waals surface area contributed by atoms with Crippen molar-refractivity contribution in [1.82, 2.24) is 15.2 Å². The average molecular weight is 315 g/mol. The molecular formula is C11H15BrN4S. The number of nitrogens with one attached hydrogen (secondary N) is 1. The van der Waals surface area contributed by atoms with E-state index >= 15 is 0 Å². The van der Waals surface area contributed by atoms with E-state index in [0.29, 0.717) is 0 Å². The molecule has 2 aromatic rings. The maximum Gasteiger partial charge on any atom is 0.0981 e. The lowest BCUT2D eigenvalue weighted by molar-refractivity contribution is 0.547. The first-order valence-electron chi connectivity index (χ1n) is 5.41. The number of rotatable bonds is 4. The van der Waals surface area contributed by atoms with Gasteiger partial charge in [-0.3, -0.25) is 10.5 Å². The fourth-order valence-corrected chi connectivity index (χ4v) is 3.28. The van der Waals surface area contributed by atoms with Gasteiger partial charge in [-0.05, 0) is 41.9 Å². The molecule has 1 unspecified atom stereocenters. The van der Waals surface area contributed by atoms with E-state index in [0.717, 1.165) is 16.7 Å². The normalized spacial score (nSPS) is 12.9. The highest BCUT2D eigenvalue weighted by atomic mass is 79.9. The fourth-order valence-electron chi connectivity index (χ4n) is 1.82. The number of aromatic nitrogens is 2. The molecule has 0 saturated carbocycles. The molecule has 3 N–H and O–H groups in total. The van der Waals surface area contributed by atoms with Crippen LogP contribution < -0.4 is 11.3 Å². The Morgan fingerprint density at radius 1 is 1.59 bits per heavy atom. The third kappa shape index (κ3) is 2.44. The van der Waals surface area contributed by atoms with E-state index in [4.69, 9.17) is 5.84 Å². The van der Waals surface area contributed by atoms with Crippen LogP contribution in [0, 0.1) is 6.92 Å². The van der Waals surface area contributed by atoms with Crippen molar-refractivity contribution >= 4 is 27.3 Å². The van der Waals surface area contributed by atoms with Crippen molar-refractivity contribution in [3.8, 4) is 0 Å². The van der Waals surface area contributed by atoms with Crippen LogP contribution in [0.25, 0.3) is 0 Å². The van der Waals surface area contributed by atoms with Crippen molar-refractivity contribution in [1.29, 1.82) is 0 Å². The number of thiophene rings is 1. The Balaban J connectivity index is 2.44. The lowest BCUT2D eigenvalue weighted by atomic mass is 10.2. The number of hydrogen-bond donors (Lipinski definition) is 2. The van der Waals surface area contributed by atoms with Gasteiger partial charge in [-0.15, -0.1) is 11.3 Å². The molecule has 2 aromatic heterocycles. The topological polar surface area (TPSA) is 55.9 Å². The van der Waals surface area contributed by atoms with Crippen LogP contribution in [0.3, 0.4) is 0 Å². The minimum Gasteiger partial charge on any atom is -0.270 e. The summed E-state index contributed by atoms with van der Waals surface area (Å²) < 4.78 is 2.93. The van der Waals surface area contributed by atoms with Crippen LogP contribution in [0.15, 0.2) is 22.8 Å². The van der Waals surface area contributed by atoms with Crippen molar-refractivity contribution in [3.05, 3.63) is 38.3 Å². The smallest absolute Gasteiger partial charge is 0.0981 e. The maximum absolute atomic E-state index is 5.69. The lowest BCUT2D eigenvalue weighted by Gasteiger charge is -2.16. The number of aryl methyl sites for hydroxylation is 2. The molecule has 2 heterocycles. The second-order valence-corrected chi connectivity index (χ2v) is 5.92. The molecular weight excluding hydrogens is 300 g/mol. The molecule has 0 fully saturated rings. The third-order valence-corrected chi connectivity index (χ3v) is 4.30. The van der Waals surface area contributed by atoms with Crippen molar-refractivity contribution < 1.29 is 0 Å². The highest BCUT2D eigenvalue weighted by Crippen LogP contribution is 2.31. The predicted molar refractivity (Wildman–Crippen MR) is 73.8 cm³/mol. The first kappa shape index (κ1) is 12.8. The van der Waals surface area contributed by atoms with Gasteiger partial charge in [0.05, 0.1) is 22.4 Å². The minimum absolute atomic E-state index is 0.0227. The predicted octanol–water partition coefficient (Wildman–Crippen LogP) is 2.59. The summed E-state index contributed by atoms with van der Waals surface area (Å²) in [6.45, 7) is 4.98. The molecule has 0 aliphatic carbocycles. The molecule has 0 spiro atoms. The van der Waals surface area contributed by atoms with Crippen molar-refractivity contribution in [2.24, 2.45) is 5.84 Å². The van der Waals surface area contributed by atoms with Gasteiger partial charge in [0.1, 0.15) is 0 Å². The maximum atomic E-state index is 5.69. The molecule has 0 aliphatic rings. The van der Waals surface area contributed by atoms with Gasteiger partial charge in [-0.2, -0.15) is 5.10 Å². The Kier molecular flexibility index (Phi) is 3.98. The van der Waals surface area contributed by atoms with E-state index in [1.54, 1.807) is 11.3 Å². The molecule has 2 rings (SSSR count). The molecule has 1 atom stereocenters. The summed E-state index contributed by atoms with van der Waals surface area (Å²) in [6.07, 6.45) is 1.81. The minimum atomic E-state index is -0.0227. The first-order valence-corrected chi connectivity index (χ1v) is 7.02. The second-order valence-electron chi connectivity index (χ2n) is 3.74. The highest BCUT2D eigenvalue weighted by molar-refractivity contribution is 9.10. The number of nitrogens with zero attached hydrogens (tertiary/aromatic N) is 2. The van der Waals surface area contributed by atoms with Gasteiger partial charge in [-0.25, -0.2) is 5.43 Å². The summed E-state index contributed by atoms with van der Waals surface area (Å²) in [5.41, 5.74) is 3.94. The van der Waals surface area contributed by atoms with Gasteiger partial charge < -0.3 is 0 Å². The number of nitrogens with two attached hydrogens (primary N) is 1. The number of hydrogen-bond acceptors (Lipinski definition) is 4. The zero-order valence-electron chi connectivity index (χ0n) is 9.77. The van der Waals surface area contributed by atoms with Gasteiger partial charge in [-0.1, -0.05) is 0 Å². The van der Waals surface area contributed by atoms with Crippen LogP contribution in [-0.2, 0) is 6.54 Å². The van der Waals surface area contributed by atoms with Crippen LogP contribution in [-0.4, -0.2) is 9.78 Å². The van der Waals surface area contributed by atoms with Crippen molar-refractivity contribution in [3.63, 3.8) is 0 Å². The molecule has 0 bridgehead atoms. The molecule has 0 saturated heterocycles. The molecule has 0 aromatic carbocycles. The highest BCUT2D eigenvalue weighted by Gasteiger charge is 2.21. The summed E-state index contributed by atoms with van der Waals surface area (Å²) in [4.78, 5) is 2.47. The molecule has 4 nitrogen and oxygen atoms in total. The quantitative estimate of drug-likeness (QED) is 0.673. The van der Waals surface area contributed by atoms with Crippen LogP contribution >= 0.6 is 27.3 Å². The fraction of sp³-hybridized carbons (Fsp3) is 0.364. The van der Waals surface area contributed by atoms with E-state index < -0.39 is 0 Å². The molecule has 0 radical (unpaired) electrons. The van der Waals surface area contributed by atoms with Crippen LogP contribution in [0.2, 0.25) is 0 Å². The monoisotopic (exact) mass is 314 g/mol. The van der Waals surface area contributed by atoms with Gasteiger partial charge in [0, 0.05) is 16.3 Å². The van der Waals surface area contributed by atoms with Crippen LogP contribution in [0.5, 0.6) is 0 Å². The van der Waals surface area contributed by atoms with E-state index in [1.807, 2.05) is 10.9 Å². The summed E-state index contributed by atoms with van der Waals surface area (Å²) in [5.74, 6) is 5.69. The molecule has 6 heteroatoms. The summed E-state index contributed by atoms with van der Waals surface area (Å²) >= 11 is 5.27. The molecule has 0 aliphatic heterocycles. The average Bonchev–Trinajstić information content (AvgIpc) is 2.89. The molecule has 92 valence electrons. The van der Waals surface area contributed by atoms with Gasteiger partial charge in [0.2, 0.25) is 0 Å². The van der Waals surface area contributed by atoms with E-state index in [-0.39, 0.29) is 6.04 Å². The van der Waals surface area contributed by atoms with Gasteiger partial charge in [0.25, 0.3) is 0 Å². The van der Waals surface area contributed by atoms with E-state index in [1.165, 1.54) is 9.75 Å². The van der Waals surface area contributed by atoms with E-state index in [2.05, 4.69) is 52.4 Å². The van der Waals surface area contributed by atoms with E-state index in [9.17, 15) is 0 Å². The summed E-state index contributed by atoms with van der Waals surface area (Å²) in [5, 5.41) is 4.31. The molecule has 0 amide bonds. The van der Waals surface area contributed by atoms with Gasteiger partial charge in [0.15, 0.2) is 0 Å². The Hall–Kier alpha value is -0.690. The second kappa shape index (κ2) is 5.30. The molecule has 17 heavy (non-hydrogen) atoms. The number of halogens is 1. The Labute approximate surface area is 113 Å². The van der Waals surface area contributed by atoms with Crippen molar-refractivity contribution in [2.45, 2.75) is 26.4 Å². The Morgan fingerprint density at radius 2 is 2.35 bits per heavy atom. The summed E-state index contributed by atoms with van der Waals surface area (Å²) in [7, 11) is 0. The van der Waals surface area contributed by atoms with Crippen molar-refractivity contribution in [2.75, 3.05) is 0 Å².